The van der Waals surface area contributed by atoms with Crippen molar-refractivity contribution in [1.82, 2.24) is 24.8 Å². The van der Waals surface area contributed by atoms with Gasteiger partial charge in [-0.3, -0.25) is 9.78 Å². The van der Waals surface area contributed by atoms with Crippen LogP contribution in [0.25, 0.3) is 16.6 Å². The smallest absolute Gasteiger partial charge is 0.220 e. The van der Waals surface area contributed by atoms with Crippen LogP contribution in [0.3, 0.4) is 0 Å². The van der Waals surface area contributed by atoms with Crippen LogP contribution in [0.5, 0.6) is 0 Å². The summed E-state index contributed by atoms with van der Waals surface area (Å²) in [4.78, 5) is 26.3. The van der Waals surface area contributed by atoms with Crippen molar-refractivity contribution < 1.29 is 18.7 Å². The molecule has 0 aromatic carbocycles. The van der Waals surface area contributed by atoms with Crippen LogP contribution in [0.15, 0.2) is 36.8 Å². The van der Waals surface area contributed by atoms with Crippen molar-refractivity contribution in [2.24, 2.45) is 0 Å². The molecule has 3 heterocycles. The number of hydrogen-bond acceptors (Lipinski definition) is 6. The zero-order valence-electron chi connectivity index (χ0n) is 22.0. The molecule has 0 unspecified atom stereocenters. The summed E-state index contributed by atoms with van der Waals surface area (Å²) in [6, 6.07) is 3.95. The Morgan fingerprint density at radius 3 is 2.95 bits per heavy atom. The third-order valence-corrected chi connectivity index (χ3v) is 7.35. The highest BCUT2D eigenvalue weighted by Crippen LogP contribution is 2.34. The average Bonchev–Trinajstić information content (AvgIpc) is 3.54. The van der Waals surface area contributed by atoms with E-state index in [0.29, 0.717) is 45.1 Å². The molecule has 2 aliphatic carbocycles. The van der Waals surface area contributed by atoms with Gasteiger partial charge in [0.25, 0.3) is 0 Å². The van der Waals surface area contributed by atoms with Gasteiger partial charge < -0.3 is 19.4 Å². The second-order valence-electron chi connectivity index (χ2n) is 10.0. The molecule has 8 nitrogen and oxygen atoms in total. The van der Waals surface area contributed by atoms with Gasteiger partial charge in [-0.15, -0.1) is 0 Å². The molecule has 0 radical (unpaired) electrons. The van der Waals surface area contributed by atoms with Crippen LogP contribution < -0.4 is 5.32 Å². The number of ether oxygens (including phenoxy) is 2. The number of unbranched alkanes of at least 4 members (excludes halogenated alkanes) is 1. The highest BCUT2D eigenvalue weighted by molar-refractivity contribution is 5.84. The standard InChI is InChI=1S/C29H36FN5O3/c1-2-37-14-15-38-13-4-3-8-27(36)33-22-6-5-7-23(17-22)35-12-11-20-18-32-28(34-29(20)35)24-9-10-26-25(24)16-21(30)19-31-26/h9,11-12,16,18-19,22-23H,2-8,10,13-15,17H2,1H3,(H,33,36)/t22-,23+/m0/s1. The number of carbonyl (C=O) groups excluding carboxylic acids is 1. The van der Waals surface area contributed by atoms with Crippen LogP contribution in [-0.2, 0) is 20.7 Å². The van der Waals surface area contributed by atoms with Gasteiger partial charge in [0.1, 0.15) is 11.5 Å². The highest BCUT2D eigenvalue weighted by atomic mass is 19.1. The van der Waals surface area contributed by atoms with Crippen LogP contribution in [0.4, 0.5) is 4.39 Å². The molecule has 0 saturated heterocycles. The molecule has 3 aromatic heterocycles. The maximum atomic E-state index is 13.9. The Morgan fingerprint density at radius 2 is 2.05 bits per heavy atom. The van der Waals surface area contributed by atoms with Crippen molar-refractivity contribution in [1.29, 1.82) is 0 Å². The molecule has 38 heavy (non-hydrogen) atoms. The fourth-order valence-corrected chi connectivity index (χ4v) is 5.45. The molecule has 9 heteroatoms. The first kappa shape index (κ1) is 26.4. The SMILES string of the molecule is CCOCCOCCCCC(=O)N[C@H]1CCC[C@@H](n2ccc3cnc(C4=CCc5ncc(F)cc54)nc32)C1. The Bertz CT molecular complexity index is 1290. The molecule has 0 aliphatic heterocycles. The van der Waals surface area contributed by atoms with Crippen molar-refractivity contribution in [3.8, 4) is 0 Å². The van der Waals surface area contributed by atoms with Gasteiger partial charge in [0.15, 0.2) is 5.82 Å². The summed E-state index contributed by atoms with van der Waals surface area (Å²) in [5, 5.41) is 4.22. The molecule has 1 saturated carbocycles. The first-order chi connectivity index (χ1) is 18.6. The first-order valence-corrected chi connectivity index (χ1v) is 13.8. The number of nitrogens with one attached hydrogen (secondary N) is 1. The van der Waals surface area contributed by atoms with Crippen LogP contribution in [-0.4, -0.2) is 57.9 Å². The summed E-state index contributed by atoms with van der Waals surface area (Å²) >= 11 is 0. The molecule has 1 fully saturated rings. The number of amides is 1. The number of nitrogens with zero attached hydrogens (tertiary/aromatic N) is 4. The summed E-state index contributed by atoms with van der Waals surface area (Å²) in [5.74, 6) is 0.341. The summed E-state index contributed by atoms with van der Waals surface area (Å²) in [6.45, 7) is 4.55. The zero-order chi connectivity index (χ0) is 26.3. The monoisotopic (exact) mass is 521 g/mol. The number of hydrogen-bond donors (Lipinski definition) is 1. The molecule has 2 atom stereocenters. The van der Waals surface area contributed by atoms with E-state index in [2.05, 4.69) is 26.0 Å². The Labute approximate surface area is 222 Å². The number of halogens is 1. The molecule has 1 amide bonds. The van der Waals surface area contributed by atoms with Crippen molar-refractivity contribution >= 4 is 22.5 Å². The lowest BCUT2D eigenvalue weighted by atomic mass is 9.90. The van der Waals surface area contributed by atoms with E-state index in [0.717, 1.165) is 66.4 Å². The molecule has 0 spiro atoms. The zero-order valence-corrected chi connectivity index (χ0v) is 22.0. The normalized spacial score (nSPS) is 18.9. The second kappa shape index (κ2) is 12.6. The Balaban J connectivity index is 1.18. The number of rotatable bonds is 12. The van der Waals surface area contributed by atoms with Crippen LogP contribution in [0.1, 0.15) is 75.0 Å². The minimum absolute atomic E-state index is 0.111. The van der Waals surface area contributed by atoms with Gasteiger partial charge in [-0.2, -0.15) is 0 Å². The minimum Gasteiger partial charge on any atom is -0.379 e. The van der Waals surface area contributed by atoms with E-state index in [1.54, 1.807) is 0 Å². The van der Waals surface area contributed by atoms with Crippen molar-refractivity contribution in [2.75, 3.05) is 26.4 Å². The summed E-state index contributed by atoms with van der Waals surface area (Å²) in [7, 11) is 0. The number of aromatic nitrogens is 4. The third kappa shape index (κ3) is 6.27. The minimum atomic E-state index is -0.359. The van der Waals surface area contributed by atoms with Gasteiger partial charge in [0, 0.05) is 67.1 Å². The Morgan fingerprint density at radius 1 is 1.16 bits per heavy atom. The third-order valence-electron chi connectivity index (χ3n) is 7.35. The number of carbonyl (C=O) groups is 1. The van der Waals surface area contributed by atoms with E-state index < -0.39 is 0 Å². The van der Waals surface area contributed by atoms with E-state index in [-0.39, 0.29) is 23.8 Å². The van der Waals surface area contributed by atoms with Gasteiger partial charge in [0.2, 0.25) is 5.91 Å². The van der Waals surface area contributed by atoms with Gasteiger partial charge in [-0.1, -0.05) is 6.08 Å². The predicted octanol–water partition coefficient (Wildman–Crippen LogP) is 4.78. The molecular weight excluding hydrogens is 485 g/mol. The molecule has 5 rings (SSSR count). The maximum Gasteiger partial charge on any atom is 0.220 e. The van der Waals surface area contributed by atoms with Crippen LogP contribution in [0, 0.1) is 5.82 Å². The number of pyridine rings is 1. The molecule has 3 aromatic rings. The highest BCUT2D eigenvalue weighted by Gasteiger charge is 2.26. The van der Waals surface area contributed by atoms with E-state index in [9.17, 15) is 9.18 Å². The number of allylic oxidation sites excluding steroid dienone is 1. The maximum absolute atomic E-state index is 13.9. The van der Waals surface area contributed by atoms with Crippen LogP contribution in [0.2, 0.25) is 0 Å². The van der Waals surface area contributed by atoms with E-state index in [4.69, 9.17) is 14.5 Å². The number of fused-ring (bicyclic) bond motifs is 2. The van der Waals surface area contributed by atoms with E-state index >= 15 is 0 Å². The second-order valence-corrected chi connectivity index (χ2v) is 10.0. The van der Waals surface area contributed by atoms with Gasteiger partial charge in [-0.05, 0) is 57.6 Å². The van der Waals surface area contributed by atoms with Crippen molar-refractivity contribution in [3.05, 3.63) is 59.7 Å². The summed E-state index contributed by atoms with van der Waals surface area (Å²) < 4.78 is 26.9. The molecule has 0 bridgehead atoms. The Kier molecular flexibility index (Phi) is 8.75. The fourth-order valence-electron chi connectivity index (χ4n) is 5.45. The van der Waals surface area contributed by atoms with Gasteiger partial charge in [0.05, 0.1) is 25.1 Å². The fraction of sp³-hybridized carbons (Fsp3) is 0.517. The van der Waals surface area contributed by atoms with Gasteiger partial charge >= 0.3 is 0 Å². The van der Waals surface area contributed by atoms with Gasteiger partial charge in [-0.25, -0.2) is 14.4 Å². The van der Waals surface area contributed by atoms with E-state index in [1.165, 1.54) is 12.3 Å². The molecule has 202 valence electrons. The summed E-state index contributed by atoms with van der Waals surface area (Å²) in [6.07, 6.45) is 14.0. The quantitative estimate of drug-likeness (QED) is 0.345. The van der Waals surface area contributed by atoms with Crippen LogP contribution >= 0.6 is 0 Å². The largest absolute Gasteiger partial charge is 0.379 e. The first-order valence-electron chi connectivity index (χ1n) is 13.8. The average molecular weight is 522 g/mol. The Hall–Kier alpha value is -3.17. The lowest BCUT2D eigenvalue weighted by molar-refractivity contribution is -0.122. The van der Waals surface area contributed by atoms with E-state index in [1.807, 2.05) is 25.3 Å². The van der Waals surface area contributed by atoms with Crippen molar-refractivity contribution in [3.63, 3.8) is 0 Å². The predicted molar refractivity (Wildman–Crippen MR) is 143 cm³/mol. The van der Waals surface area contributed by atoms with Crippen molar-refractivity contribution in [2.45, 2.75) is 70.4 Å². The molecule has 2 aliphatic rings. The molecule has 1 N–H and O–H groups in total. The lowest BCUT2D eigenvalue weighted by Crippen LogP contribution is -2.38. The summed E-state index contributed by atoms with van der Waals surface area (Å²) in [5.41, 5.74) is 3.31. The topological polar surface area (TPSA) is 91.2 Å². The lowest BCUT2D eigenvalue weighted by Gasteiger charge is -2.31. The molecular formula is C29H36FN5O3.